The third-order valence-electron chi connectivity index (χ3n) is 3.11. The van der Waals surface area contributed by atoms with Gasteiger partial charge in [0.05, 0.1) is 23.4 Å². The van der Waals surface area contributed by atoms with E-state index in [1.807, 2.05) is 0 Å². The second-order valence-electron chi connectivity index (χ2n) is 4.82. The minimum Gasteiger partial charge on any atom is -0.358 e. The summed E-state index contributed by atoms with van der Waals surface area (Å²) in [5.41, 5.74) is 0.639. The maximum absolute atomic E-state index is 10.7. The molecule has 0 aliphatic heterocycles. The van der Waals surface area contributed by atoms with Crippen molar-refractivity contribution in [1.29, 1.82) is 0 Å². The van der Waals surface area contributed by atoms with Crippen LogP contribution in [0, 0.1) is 17.0 Å². The number of unbranched alkanes of at least 4 members (excludes halogenated alkanes) is 6. The molecule has 0 unspecified atom stereocenters. The van der Waals surface area contributed by atoms with Crippen molar-refractivity contribution in [3.05, 3.63) is 21.9 Å². The van der Waals surface area contributed by atoms with Gasteiger partial charge in [0.1, 0.15) is 0 Å². The topological polar surface area (TPSA) is 61.0 Å². The maximum Gasteiger partial charge on any atom is 0.392 e. The number of hydrogen-bond acceptors (Lipinski definition) is 3. The van der Waals surface area contributed by atoms with E-state index in [9.17, 15) is 10.1 Å². The van der Waals surface area contributed by atoms with E-state index < -0.39 is 4.92 Å². The van der Waals surface area contributed by atoms with E-state index in [1.54, 1.807) is 17.8 Å². The molecule has 19 heavy (non-hydrogen) atoms. The highest BCUT2D eigenvalue weighted by atomic mass is 79.9. The maximum atomic E-state index is 10.7. The van der Waals surface area contributed by atoms with E-state index in [2.05, 4.69) is 21.0 Å². The first kappa shape index (κ1) is 16.1. The monoisotopic (exact) mass is 331 g/mol. The summed E-state index contributed by atoms with van der Waals surface area (Å²) in [6, 6.07) is 0. The highest BCUT2D eigenvalue weighted by molar-refractivity contribution is 9.09. The fourth-order valence-corrected chi connectivity index (χ4v) is 2.45. The van der Waals surface area contributed by atoms with Gasteiger partial charge in [-0.2, -0.15) is 4.68 Å². The van der Waals surface area contributed by atoms with E-state index in [0.29, 0.717) is 5.56 Å². The van der Waals surface area contributed by atoms with Gasteiger partial charge in [-0.1, -0.05) is 48.0 Å². The number of rotatable bonds is 10. The van der Waals surface area contributed by atoms with Crippen molar-refractivity contribution in [2.75, 3.05) is 5.33 Å². The van der Waals surface area contributed by atoms with Crippen LogP contribution in [-0.4, -0.2) is 20.0 Å². The van der Waals surface area contributed by atoms with E-state index >= 15 is 0 Å². The number of halogens is 1. The highest BCUT2D eigenvalue weighted by Gasteiger charge is 2.16. The number of alkyl halides is 1. The fraction of sp³-hybridized carbons (Fsp3) is 0.769. The van der Waals surface area contributed by atoms with E-state index in [1.165, 1.54) is 38.5 Å². The van der Waals surface area contributed by atoms with Crippen LogP contribution in [0.15, 0.2) is 6.20 Å². The molecule has 0 fully saturated rings. The zero-order chi connectivity index (χ0) is 14.1. The number of aromatic nitrogens is 2. The Morgan fingerprint density at radius 2 is 1.79 bits per heavy atom. The molecular formula is C13H22BrN3O2. The second-order valence-corrected chi connectivity index (χ2v) is 5.61. The molecule has 1 heterocycles. The summed E-state index contributed by atoms with van der Waals surface area (Å²) in [5, 5.41) is 15.7. The van der Waals surface area contributed by atoms with Gasteiger partial charge in [-0.05, 0) is 24.7 Å². The Hall–Kier alpha value is -0.910. The molecule has 5 nitrogen and oxygen atoms in total. The van der Waals surface area contributed by atoms with Crippen molar-refractivity contribution in [3.8, 4) is 0 Å². The normalized spacial score (nSPS) is 10.8. The molecule has 6 heteroatoms. The van der Waals surface area contributed by atoms with Gasteiger partial charge in [-0.25, -0.2) is 0 Å². The zero-order valence-corrected chi connectivity index (χ0v) is 13.1. The van der Waals surface area contributed by atoms with Crippen LogP contribution in [0.25, 0.3) is 0 Å². The first-order chi connectivity index (χ1) is 9.15. The summed E-state index contributed by atoms with van der Waals surface area (Å²) in [6.07, 6.45) is 10.4. The SMILES string of the molecule is Cc1cn(CCCCCCCCCBr)nc1[N+](=O)[O-]. The molecule has 0 aliphatic rings. The largest absolute Gasteiger partial charge is 0.392 e. The molecule has 0 N–H and O–H groups in total. The first-order valence-electron chi connectivity index (χ1n) is 6.89. The van der Waals surface area contributed by atoms with Gasteiger partial charge in [0.2, 0.25) is 0 Å². The minimum absolute atomic E-state index is 0.0187. The summed E-state index contributed by atoms with van der Waals surface area (Å²) in [4.78, 5) is 10.2. The molecule has 0 radical (unpaired) electrons. The molecule has 0 spiro atoms. The van der Waals surface area contributed by atoms with Crippen LogP contribution in [0.1, 0.15) is 50.5 Å². The molecule has 1 rings (SSSR count). The molecule has 108 valence electrons. The van der Waals surface area contributed by atoms with Gasteiger partial charge < -0.3 is 10.1 Å². The molecule has 0 bridgehead atoms. The van der Waals surface area contributed by atoms with Crippen molar-refractivity contribution < 1.29 is 4.92 Å². The van der Waals surface area contributed by atoms with Crippen molar-refractivity contribution in [1.82, 2.24) is 9.78 Å². The van der Waals surface area contributed by atoms with E-state index in [-0.39, 0.29) is 5.82 Å². The van der Waals surface area contributed by atoms with Gasteiger partial charge in [0.25, 0.3) is 0 Å². The van der Waals surface area contributed by atoms with Crippen molar-refractivity contribution in [2.45, 2.75) is 58.4 Å². The van der Waals surface area contributed by atoms with Crippen molar-refractivity contribution in [3.63, 3.8) is 0 Å². The van der Waals surface area contributed by atoms with Crippen LogP contribution >= 0.6 is 15.9 Å². The summed E-state index contributed by atoms with van der Waals surface area (Å²) in [6.45, 7) is 2.50. The molecular weight excluding hydrogens is 310 g/mol. The molecule has 0 aromatic carbocycles. The molecule has 0 aliphatic carbocycles. The molecule has 0 amide bonds. The standard InChI is InChI=1S/C13H22BrN3O2/c1-12-11-16(15-13(12)17(18)19)10-8-6-4-2-3-5-7-9-14/h11H,2-10H2,1H3. The Labute approximate surface area is 122 Å². The Morgan fingerprint density at radius 3 is 2.32 bits per heavy atom. The van der Waals surface area contributed by atoms with Crippen LogP contribution in [0.2, 0.25) is 0 Å². The summed E-state index contributed by atoms with van der Waals surface area (Å²) < 4.78 is 1.69. The lowest BCUT2D eigenvalue weighted by atomic mass is 10.1. The molecule has 0 saturated heterocycles. The average Bonchev–Trinajstić information content (AvgIpc) is 2.74. The van der Waals surface area contributed by atoms with Crippen molar-refractivity contribution >= 4 is 21.7 Å². The summed E-state index contributed by atoms with van der Waals surface area (Å²) >= 11 is 3.43. The van der Waals surface area contributed by atoms with Gasteiger partial charge in [0.15, 0.2) is 0 Å². The third-order valence-corrected chi connectivity index (χ3v) is 3.67. The van der Waals surface area contributed by atoms with Crippen molar-refractivity contribution in [2.24, 2.45) is 0 Å². The quantitative estimate of drug-likeness (QED) is 0.279. The summed E-state index contributed by atoms with van der Waals surface area (Å²) in [7, 11) is 0. The van der Waals surface area contributed by atoms with Crippen LogP contribution in [0.4, 0.5) is 5.82 Å². The predicted molar refractivity (Wildman–Crippen MR) is 79.7 cm³/mol. The Kier molecular flexibility index (Phi) is 7.70. The van der Waals surface area contributed by atoms with Crippen LogP contribution < -0.4 is 0 Å². The molecule has 1 aromatic rings. The third kappa shape index (κ3) is 6.18. The fourth-order valence-electron chi connectivity index (χ4n) is 2.06. The molecule has 1 aromatic heterocycles. The Bertz CT molecular complexity index is 393. The number of nitro groups is 1. The lowest BCUT2D eigenvalue weighted by molar-refractivity contribution is -0.390. The first-order valence-corrected chi connectivity index (χ1v) is 8.01. The van der Waals surface area contributed by atoms with E-state index in [4.69, 9.17) is 0 Å². The van der Waals surface area contributed by atoms with Crippen LogP contribution in [-0.2, 0) is 6.54 Å². The Balaban J connectivity index is 2.12. The lowest BCUT2D eigenvalue weighted by Crippen LogP contribution is -1.99. The van der Waals surface area contributed by atoms with E-state index in [0.717, 1.165) is 18.3 Å². The minimum atomic E-state index is -0.421. The lowest BCUT2D eigenvalue weighted by Gasteiger charge is -2.00. The van der Waals surface area contributed by atoms with Gasteiger partial charge in [-0.3, -0.25) is 0 Å². The molecule has 0 saturated carbocycles. The number of hydrogen-bond donors (Lipinski definition) is 0. The number of nitrogens with zero attached hydrogens (tertiary/aromatic N) is 3. The van der Waals surface area contributed by atoms with Gasteiger partial charge in [-0.15, -0.1) is 0 Å². The highest BCUT2D eigenvalue weighted by Crippen LogP contribution is 2.15. The average molecular weight is 332 g/mol. The van der Waals surface area contributed by atoms with Gasteiger partial charge >= 0.3 is 5.82 Å². The smallest absolute Gasteiger partial charge is 0.358 e. The van der Waals surface area contributed by atoms with Gasteiger partial charge in [0, 0.05) is 5.33 Å². The van der Waals surface area contributed by atoms with Crippen LogP contribution in [0.3, 0.4) is 0 Å². The zero-order valence-electron chi connectivity index (χ0n) is 11.5. The Morgan fingerprint density at radius 1 is 1.21 bits per heavy atom. The molecule has 0 atom stereocenters. The summed E-state index contributed by atoms with van der Waals surface area (Å²) in [5.74, 6) is -0.0187. The second kappa shape index (κ2) is 9.07. The number of aryl methyl sites for hydroxylation is 2. The predicted octanol–water partition coefficient (Wildman–Crippen LogP) is 4.23. The van der Waals surface area contributed by atoms with Crippen LogP contribution in [0.5, 0.6) is 0 Å².